The number of aromatic nitrogens is 2. The largest absolute Gasteiger partial charge is 0.497 e. The standard InChI is InChI=1S/C24H26N4O5S/c1-4-6-19-23(24-25-21(29)11-12-22(30)28(24)26-19)16-10-9-15(2)20(13-16)34(31,32)27-17-7-5-8-18(14-17)33-3/h5,7-10,13-14,27H,4,6,11-12H2,1-3H3,(H,25,29). The lowest BCUT2D eigenvalue weighted by molar-refractivity contribution is -0.116. The highest BCUT2D eigenvalue weighted by molar-refractivity contribution is 7.92. The second-order valence-electron chi connectivity index (χ2n) is 8.09. The van der Waals surface area contributed by atoms with Gasteiger partial charge in [-0.2, -0.15) is 9.78 Å². The number of benzene rings is 2. The molecule has 0 bridgehead atoms. The van der Waals surface area contributed by atoms with Gasteiger partial charge in [-0.3, -0.25) is 14.3 Å². The van der Waals surface area contributed by atoms with Gasteiger partial charge in [0.05, 0.1) is 23.4 Å². The SMILES string of the molecule is CCCc1nn2c(c1-c1ccc(C)c(S(=O)(=O)Nc3cccc(OC)c3)c1)NC(=O)CCC2=O. The molecule has 0 saturated heterocycles. The van der Waals surface area contributed by atoms with Crippen molar-refractivity contribution >= 4 is 33.3 Å². The van der Waals surface area contributed by atoms with E-state index in [9.17, 15) is 18.0 Å². The lowest BCUT2D eigenvalue weighted by Crippen LogP contribution is -2.15. The molecule has 34 heavy (non-hydrogen) atoms. The smallest absolute Gasteiger partial charge is 0.262 e. The first-order chi connectivity index (χ1) is 16.2. The van der Waals surface area contributed by atoms with Crippen LogP contribution >= 0.6 is 0 Å². The fourth-order valence-electron chi connectivity index (χ4n) is 3.94. The molecule has 0 radical (unpaired) electrons. The van der Waals surface area contributed by atoms with E-state index in [1.807, 2.05) is 6.92 Å². The number of sulfonamides is 1. The summed E-state index contributed by atoms with van der Waals surface area (Å²) in [6.07, 6.45) is 1.46. The monoisotopic (exact) mass is 482 g/mol. The van der Waals surface area contributed by atoms with Crippen molar-refractivity contribution in [3.05, 3.63) is 53.7 Å². The molecule has 10 heteroatoms. The van der Waals surface area contributed by atoms with Gasteiger partial charge < -0.3 is 10.1 Å². The molecule has 1 aliphatic rings. The summed E-state index contributed by atoms with van der Waals surface area (Å²) in [4.78, 5) is 24.9. The Bertz CT molecular complexity index is 1380. The van der Waals surface area contributed by atoms with Crippen molar-refractivity contribution in [3.63, 3.8) is 0 Å². The summed E-state index contributed by atoms with van der Waals surface area (Å²) in [6, 6.07) is 11.7. The van der Waals surface area contributed by atoms with E-state index in [1.165, 1.54) is 11.8 Å². The summed E-state index contributed by atoms with van der Waals surface area (Å²) in [5, 5.41) is 7.25. The molecule has 2 aromatic carbocycles. The van der Waals surface area contributed by atoms with E-state index in [-0.39, 0.29) is 35.4 Å². The second kappa shape index (κ2) is 9.30. The van der Waals surface area contributed by atoms with Crippen LogP contribution in [0, 0.1) is 6.92 Å². The fourth-order valence-corrected chi connectivity index (χ4v) is 5.26. The van der Waals surface area contributed by atoms with E-state index in [4.69, 9.17) is 4.74 Å². The maximum absolute atomic E-state index is 13.3. The number of carbonyl (C=O) groups is 2. The molecule has 1 amide bonds. The minimum atomic E-state index is -3.94. The van der Waals surface area contributed by atoms with Crippen LogP contribution in [0.1, 0.15) is 42.2 Å². The molecule has 4 rings (SSSR count). The Kier molecular flexibility index (Phi) is 6.43. The number of hydrogen-bond acceptors (Lipinski definition) is 6. The summed E-state index contributed by atoms with van der Waals surface area (Å²) in [5.41, 5.74) is 2.66. The fraction of sp³-hybridized carbons (Fsp3) is 0.292. The van der Waals surface area contributed by atoms with Gasteiger partial charge in [-0.05, 0) is 42.7 Å². The van der Waals surface area contributed by atoms with Crippen LogP contribution in [0.5, 0.6) is 5.75 Å². The first-order valence-electron chi connectivity index (χ1n) is 11.0. The van der Waals surface area contributed by atoms with E-state index in [0.717, 1.165) is 6.42 Å². The van der Waals surface area contributed by atoms with Crippen LogP contribution in [0.25, 0.3) is 11.1 Å². The summed E-state index contributed by atoms with van der Waals surface area (Å²) in [7, 11) is -2.44. The van der Waals surface area contributed by atoms with Crippen LogP contribution in [-0.2, 0) is 21.2 Å². The summed E-state index contributed by atoms with van der Waals surface area (Å²) < 4.78 is 35.6. The molecule has 3 aromatic rings. The van der Waals surface area contributed by atoms with Crippen LogP contribution in [0.2, 0.25) is 0 Å². The Morgan fingerprint density at radius 2 is 1.94 bits per heavy atom. The molecule has 1 aliphatic heterocycles. The number of amides is 1. The maximum Gasteiger partial charge on any atom is 0.262 e. The molecular formula is C24H26N4O5S. The highest BCUT2D eigenvalue weighted by Gasteiger charge is 2.28. The molecule has 0 aliphatic carbocycles. The van der Waals surface area contributed by atoms with Crippen LogP contribution in [0.4, 0.5) is 11.5 Å². The number of hydrogen-bond donors (Lipinski definition) is 2. The predicted molar refractivity (Wildman–Crippen MR) is 129 cm³/mol. The molecule has 2 N–H and O–H groups in total. The number of nitrogens with one attached hydrogen (secondary N) is 2. The van der Waals surface area contributed by atoms with Crippen LogP contribution in [0.15, 0.2) is 47.4 Å². The Morgan fingerprint density at radius 3 is 2.68 bits per heavy atom. The minimum absolute atomic E-state index is 0.0590. The highest BCUT2D eigenvalue weighted by Crippen LogP contribution is 2.36. The molecule has 0 fully saturated rings. The van der Waals surface area contributed by atoms with Gasteiger partial charge in [0.2, 0.25) is 11.8 Å². The van der Waals surface area contributed by atoms with Gasteiger partial charge in [-0.1, -0.05) is 31.5 Å². The molecule has 9 nitrogen and oxygen atoms in total. The molecule has 0 unspecified atom stereocenters. The summed E-state index contributed by atoms with van der Waals surface area (Å²) in [6.45, 7) is 3.69. The van der Waals surface area contributed by atoms with E-state index in [0.29, 0.717) is 40.2 Å². The Morgan fingerprint density at radius 1 is 1.15 bits per heavy atom. The average Bonchev–Trinajstić information content (AvgIpc) is 3.08. The number of fused-ring (bicyclic) bond motifs is 1. The molecule has 2 heterocycles. The van der Waals surface area contributed by atoms with E-state index >= 15 is 0 Å². The van der Waals surface area contributed by atoms with Gasteiger partial charge >= 0.3 is 0 Å². The number of carbonyl (C=O) groups excluding carboxylic acids is 2. The van der Waals surface area contributed by atoms with E-state index in [2.05, 4.69) is 15.1 Å². The lowest BCUT2D eigenvalue weighted by atomic mass is 10.0. The highest BCUT2D eigenvalue weighted by atomic mass is 32.2. The van der Waals surface area contributed by atoms with E-state index in [1.54, 1.807) is 49.4 Å². The van der Waals surface area contributed by atoms with Gasteiger partial charge in [0.15, 0.2) is 0 Å². The lowest BCUT2D eigenvalue weighted by Gasteiger charge is -2.14. The summed E-state index contributed by atoms with van der Waals surface area (Å²) >= 11 is 0. The molecule has 0 spiro atoms. The number of anilines is 2. The van der Waals surface area contributed by atoms with Gasteiger partial charge in [-0.15, -0.1) is 0 Å². The molecule has 0 atom stereocenters. The number of rotatable bonds is 7. The number of nitrogens with zero attached hydrogens (tertiary/aromatic N) is 2. The van der Waals surface area contributed by atoms with Crippen molar-refractivity contribution in [2.24, 2.45) is 0 Å². The minimum Gasteiger partial charge on any atom is -0.497 e. The Labute approximate surface area is 198 Å². The third-order valence-electron chi connectivity index (χ3n) is 5.59. The predicted octanol–water partition coefficient (Wildman–Crippen LogP) is 3.99. The molecule has 1 aromatic heterocycles. The molecule has 0 saturated carbocycles. The van der Waals surface area contributed by atoms with Crippen molar-refractivity contribution in [3.8, 4) is 16.9 Å². The van der Waals surface area contributed by atoms with Gasteiger partial charge in [-0.25, -0.2) is 8.42 Å². The topological polar surface area (TPSA) is 119 Å². The zero-order valence-electron chi connectivity index (χ0n) is 19.2. The Balaban J connectivity index is 1.82. The zero-order chi connectivity index (χ0) is 24.5. The Hall–Kier alpha value is -3.66. The first kappa shape index (κ1) is 23.5. The number of methoxy groups -OCH3 is 1. The van der Waals surface area contributed by atoms with Crippen molar-refractivity contribution < 1.29 is 22.7 Å². The quantitative estimate of drug-likeness (QED) is 0.525. The summed E-state index contributed by atoms with van der Waals surface area (Å²) in [5.74, 6) is 0.245. The van der Waals surface area contributed by atoms with Gasteiger partial charge in [0.25, 0.3) is 10.0 Å². The second-order valence-corrected chi connectivity index (χ2v) is 9.74. The van der Waals surface area contributed by atoms with Crippen molar-refractivity contribution in [1.82, 2.24) is 9.78 Å². The van der Waals surface area contributed by atoms with Crippen molar-refractivity contribution in [1.29, 1.82) is 0 Å². The first-order valence-corrected chi connectivity index (χ1v) is 12.4. The number of aryl methyl sites for hydroxylation is 2. The maximum atomic E-state index is 13.3. The van der Waals surface area contributed by atoms with Crippen molar-refractivity contribution in [2.45, 2.75) is 44.4 Å². The van der Waals surface area contributed by atoms with Crippen LogP contribution in [-0.4, -0.2) is 37.1 Å². The van der Waals surface area contributed by atoms with Crippen LogP contribution in [0.3, 0.4) is 0 Å². The van der Waals surface area contributed by atoms with E-state index < -0.39 is 10.0 Å². The van der Waals surface area contributed by atoms with Gasteiger partial charge in [0.1, 0.15) is 11.6 Å². The number of ether oxygens (including phenoxy) is 1. The van der Waals surface area contributed by atoms with Gasteiger partial charge in [0, 0.05) is 24.5 Å². The van der Waals surface area contributed by atoms with Crippen LogP contribution < -0.4 is 14.8 Å². The zero-order valence-corrected chi connectivity index (χ0v) is 20.0. The van der Waals surface area contributed by atoms with Crippen molar-refractivity contribution in [2.75, 3.05) is 17.1 Å². The third kappa shape index (κ3) is 4.54. The molecular weight excluding hydrogens is 456 g/mol. The average molecular weight is 483 g/mol. The normalized spacial score (nSPS) is 13.7. The third-order valence-corrected chi connectivity index (χ3v) is 7.12. The molecule has 178 valence electrons.